The molecule has 26 heavy (non-hydrogen) atoms. The van der Waals surface area contributed by atoms with E-state index in [1.165, 1.54) is 29.0 Å². The number of fused-ring (bicyclic) bond motifs is 1. The first kappa shape index (κ1) is 17.8. The minimum Gasteiger partial charge on any atom is -0.458 e. The van der Waals surface area contributed by atoms with E-state index in [9.17, 15) is 14.4 Å². The van der Waals surface area contributed by atoms with Crippen LogP contribution in [0.1, 0.15) is 16.1 Å². The number of hydrogen-bond donors (Lipinski definition) is 0. The van der Waals surface area contributed by atoms with Crippen LogP contribution in [-0.4, -0.2) is 26.7 Å². The molecule has 0 amide bonds. The standard InChI is InChI=1S/C18H17N3O4S/c1-5-8-25-17(23)12-10(2)19-15-14(13(12)11-7-6-9-26-11)16(22)21(4)18(24)20(15)3/h5-7,9H,1,8H2,2-4H3. The quantitative estimate of drug-likeness (QED) is 0.517. The Hall–Kier alpha value is -3.00. The van der Waals surface area contributed by atoms with E-state index < -0.39 is 17.2 Å². The minimum atomic E-state index is -0.587. The van der Waals surface area contributed by atoms with E-state index in [-0.39, 0.29) is 23.2 Å². The highest BCUT2D eigenvalue weighted by Crippen LogP contribution is 2.34. The van der Waals surface area contributed by atoms with Gasteiger partial charge in [-0.2, -0.15) is 0 Å². The molecule has 0 fully saturated rings. The van der Waals surface area contributed by atoms with Crippen LogP contribution in [0.15, 0.2) is 39.8 Å². The lowest BCUT2D eigenvalue weighted by molar-refractivity contribution is 0.0549. The van der Waals surface area contributed by atoms with Crippen molar-refractivity contribution in [1.82, 2.24) is 14.1 Å². The third-order valence-electron chi connectivity index (χ3n) is 4.07. The first-order valence-corrected chi connectivity index (χ1v) is 8.68. The Morgan fingerprint density at radius 2 is 2.08 bits per heavy atom. The predicted octanol–water partition coefficient (Wildman–Crippen LogP) is 2.01. The van der Waals surface area contributed by atoms with E-state index >= 15 is 0 Å². The van der Waals surface area contributed by atoms with Gasteiger partial charge in [-0.3, -0.25) is 13.9 Å². The Balaban J connectivity index is 2.53. The largest absolute Gasteiger partial charge is 0.458 e. The zero-order valence-corrected chi connectivity index (χ0v) is 15.4. The molecule has 0 bridgehead atoms. The van der Waals surface area contributed by atoms with E-state index in [4.69, 9.17) is 4.74 Å². The Labute approximate surface area is 152 Å². The molecular formula is C18H17N3O4S. The maximum Gasteiger partial charge on any atom is 0.340 e. The van der Waals surface area contributed by atoms with Gasteiger partial charge in [0.25, 0.3) is 5.56 Å². The van der Waals surface area contributed by atoms with Gasteiger partial charge >= 0.3 is 11.7 Å². The number of aromatic nitrogens is 3. The van der Waals surface area contributed by atoms with Crippen LogP contribution in [0.25, 0.3) is 21.5 Å². The van der Waals surface area contributed by atoms with Crippen LogP contribution in [0.5, 0.6) is 0 Å². The lowest BCUT2D eigenvalue weighted by Gasteiger charge is -2.15. The average molecular weight is 371 g/mol. The normalized spacial score (nSPS) is 10.9. The molecule has 134 valence electrons. The maximum atomic E-state index is 12.9. The van der Waals surface area contributed by atoms with Gasteiger partial charge in [0.15, 0.2) is 0 Å². The summed E-state index contributed by atoms with van der Waals surface area (Å²) in [6.07, 6.45) is 1.47. The first-order chi connectivity index (χ1) is 12.4. The summed E-state index contributed by atoms with van der Waals surface area (Å²) in [5.74, 6) is -0.587. The summed E-state index contributed by atoms with van der Waals surface area (Å²) in [7, 11) is 2.95. The summed E-state index contributed by atoms with van der Waals surface area (Å²) < 4.78 is 7.51. The van der Waals surface area contributed by atoms with Gasteiger partial charge in [-0.15, -0.1) is 11.3 Å². The predicted molar refractivity (Wildman–Crippen MR) is 101 cm³/mol. The van der Waals surface area contributed by atoms with Crippen LogP contribution < -0.4 is 11.2 Å². The second-order valence-corrected chi connectivity index (χ2v) is 6.66. The molecule has 3 rings (SSSR count). The Morgan fingerprint density at radius 3 is 2.69 bits per heavy atom. The van der Waals surface area contributed by atoms with Crippen molar-refractivity contribution in [2.24, 2.45) is 14.1 Å². The highest BCUT2D eigenvalue weighted by molar-refractivity contribution is 7.13. The summed E-state index contributed by atoms with van der Waals surface area (Å²) in [6.45, 7) is 5.24. The Kier molecular flexibility index (Phi) is 4.60. The van der Waals surface area contributed by atoms with Crippen molar-refractivity contribution in [1.29, 1.82) is 0 Å². The number of carbonyl (C=O) groups excluding carboxylic acids is 1. The van der Waals surface area contributed by atoms with E-state index in [1.807, 2.05) is 17.5 Å². The average Bonchev–Trinajstić information content (AvgIpc) is 3.16. The lowest BCUT2D eigenvalue weighted by atomic mass is 10.0. The summed E-state index contributed by atoms with van der Waals surface area (Å²) in [5, 5.41) is 2.07. The van der Waals surface area contributed by atoms with Crippen molar-refractivity contribution in [3.8, 4) is 10.4 Å². The number of thiophene rings is 1. The third kappa shape index (κ3) is 2.68. The van der Waals surface area contributed by atoms with Crippen LogP contribution in [-0.2, 0) is 18.8 Å². The Morgan fingerprint density at radius 1 is 1.35 bits per heavy atom. The fraction of sp³-hybridized carbons (Fsp3) is 0.222. The summed E-state index contributed by atoms with van der Waals surface area (Å²) in [5.41, 5.74) is 0.299. The molecule has 0 atom stereocenters. The fourth-order valence-electron chi connectivity index (χ4n) is 2.83. The van der Waals surface area contributed by atoms with Crippen LogP contribution in [0, 0.1) is 6.92 Å². The maximum absolute atomic E-state index is 12.9. The molecule has 0 aliphatic carbocycles. The number of rotatable bonds is 4. The molecule has 3 heterocycles. The van der Waals surface area contributed by atoms with Gasteiger partial charge in [-0.05, 0) is 18.4 Å². The number of hydrogen-bond acceptors (Lipinski definition) is 6. The SMILES string of the molecule is C=CCOC(=O)c1c(C)nc2c(c1-c1cccs1)c(=O)n(C)c(=O)n2C. The van der Waals surface area contributed by atoms with Crippen LogP contribution in [0.3, 0.4) is 0 Å². The van der Waals surface area contributed by atoms with Crippen LogP contribution in [0.2, 0.25) is 0 Å². The summed E-state index contributed by atoms with van der Waals surface area (Å²) in [4.78, 5) is 42.9. The second kappa shape index (κ2) is 6.72. The molecule has 0 saturated carbocycles. The molecule has 0 aliphatic rings. The van der Waals surface area contributed by atoms with Gasteiger partial charge in [0.05, 0.1) is 16.6 Å². The van der Waals surface area contributed by atoms with Crippen molar-refractivity contribution >= 4 is 28.3 Å². The molecular weight excluding hydrogens is 354 g/mol. The fourth-order valence-corrected chi connectivity index (χ4v) is 3.61. The molecule has 0 unspecified atom stereocenters. The lowest BCUT2D eigenvalue weighted by Crippen LogP contribution is -2.38. The molecule has 3 aromatic heterocycles. The van der Waals surface area contributed by atoms with E-state index in [0.717, 1.165) is 9.44 Å². The highest BCUT2D eigenvalue weighted by atomic mass is 32.1. The van der Waals surface area contributed by atoms with Crippen LogP contribution >= 0.6 is 11.3 Å². The third-order valence-corrected chi connectivity index (χ3v) is 4.96. The number of pyridine rings is 1. The van der Waals surface area contributed by atoms with Gasteiger partial charge in [0, 0.05) is 24.5 Å². The molecule has 0 spiro atoms. The minimum absolute atomic E-state index is 0.0471. The van der Waals surface area contributed by atoms with Gasteiger partial charge in [0.1, 0.15) is 12.3 Å². The smallest absolute Gasteiger partial charge is 0.340 e. The molecule has 7 nitrogen and oxygen atoms in total. The molecule has 0 radical (unpaired) electrons. The van der Waals surface area contributed by atoms with Gasteiger partial charge < -0.3 is 4.74 Å². The monoisotopic (exact) mass is 371 g/mol. The van der Waals surface area contributed by atoms with Crippen molar-refractivity contribution in [2.75, 3.05) is 6.61 Å². The summed E-state index contributed by atoms with van der Waals surface area (Å²) >= 11 is 1.39. The number of aryl methyl sites for hydroxylation is 2. The molecule has 8 heteroatoms. The molecule has 0 N–H and O–H groups in total. The second-order valence-electron chi connectivity index (χ2n) is 5.72. The number of esters is 1. The van der Waals surface area contributed by atoms with E-state index in [2.05, 4.69) is 11.6 Å². The summed E-state index contributed by atoms with van der Waals surface area (Å²) in [6, 6.07) is 3.64. The van der Waals surface area contributed by atoms with Crippen molar-refractivity contribution in [2.45, 2.75) is 6.92 Å². The zero-order chi connectivity index (χ0) is 19.0. The van der Waals surface area contributed by atoms with Crippen molar-refractivity contribution < 1.29 is 9.53 Å². The van der Waals surface area contributed by atoms with Gasteiger partial charge in [0.2, 0.25) is 0 Å². The molecule has 0 aliphatic heterocycles. The number of carbonyl (C=O) groups is 1. The first-order valence-electron chi connectivity index (χ1n) is 7.80. The van der Waals surface area contributed by atoms with Gasteiger partial charge in [-0.1, -0.05) is 18.7 Å². The Bertz CT molecular complexity index is 1140. The van der Waals surface area contributed by atoms with Crippen LogP contribution in [0.4, 0.5) is 0 Å². The molecule has 3 aromatic rings. The molecule has 0 saturated heterocycles. The van der Waals surface area contributed by atoms with E-state index in [0.29, 0.717) is 11.3 Å². The number of ether oxygens (including phenoxy) is 1. The van der Waals surface area contributed by atoms with Crippen molar-refractivity contribution in [3.63, 3.8) is 0 Å². The van der Waals surface area contributed by atoms with Crippen molar-refractivity contribution in [3.05, 3.63) is 62.3 Å². The van der Waals surface area contributed by atoms with Gasteiger partial charge in [-0.25, -0.2) is 14.6 Å². The number of nitrogens with zero attached hydrogens (tertiary/aromatic N) is 3. The highest BCUT2D eigenvalue weighted by Gasteiger charge is 2.25. The zero-order valence-electron chi connectivity index (χ0n) is 14.6. The van der Waals surface area contributed by atoms with E-state index in [1.54, 1.807) is 14.0 Å². The molecule has 0 aromatic carbocycles. The topological polar surface area (TPSA) is 83.2 Å².